The minimum atomic E-state index is -0.820. The molecule has 1 N–H and O–H groups in total. The molecule has 0 spiro atoms. The van der Waals surface area contributed by atoms with Gasteiger partial charge in [0.1, 0.15) is 11.8 Å². The van der Waals surface area contributed by atoms with Crippen molar-refractivity contribution < 1.29 is 18.5 Å². The highest BCUT2D eigenvalue weighted by Gasteiger charge is 2.35. The molecule has 1 saturated carbocycles. The summed E-state index contributed by atoms with van der Waals surface area (Å²) < 4.78 is 10.6. The molecule has 1 aliphatic carbocycles. The second-order valence-corrected chi connectivity index (χ2v) is 7.19. The maximum atomic E-state index is 13.4. The topological polar surface area (TPSA) is 88.6 Å². The fourth-order valence-corrected chi connectivity index (χ4v) is 3.78. The number of furan rings is 1. The lowest BCUT2D eigenvalue weighted by atomic mass is 10.0. The Morgan fingerprint density at radius 3 is 2.55 bits per heavy atom. The van der Waals surface area contributed by atoms with E-state index in [9.17, 15) is 9.59 Å². The lowest BCUT2D eigenvalue weighted by molar-refractivity contribution is -0.126. The molecule has 0 aliphatic heterocycles. The summed E-state index contributed by atoms with van der Waals surface area (Å²) in [5.41, 5.74) is 0.724. The van der Waals surface area contributed by atoms with E-state index in [4.69, 9.17) is 8.94 Å². The summed E-state index contributed by atoms with van der Waals surface area (Å²) in [4.78, 5) is 28.1. The monoisotopic (exact) mass is 393 g/mol. The molecule has 2 heterocycles. The Kier molecular flexibility index (Phi) is 5.74. The molecule has 0 saturated heterocycles. The molecule has 1 aliphatic rings. The Morgan fingerprint density at radius 1 is 1.10 bits per heavy atom. The molecule has 0 bridgehead atoms. The SMILES string of the molecule is O=C(NC1CCCC1)C(c1ccccc1)N(Cc1ccco1)C(=O)c1ccno1. The summed E-state index contributed by atoms with van der Waals surface area (Å²) in [6.45, 7) is 0.129. The Bertz CT molecular complexity index is 916. The summed E-state index contributed by atoms with van der Waals surface area (Å²) >= 11 is 0. The van der Waals surface area contributed by atoms with Crippen LogP contribution in [0.25, 0.3) is 0 Å². The zero-order valence-electron chi connectivity index (χ0n) is 16.0. The molecule has 7 nitrogen and oxygen atoms in total. The van der Waals surface area contributed by atoms with E-state index in [1.54, 1.807) is 18.4 Å². The number of benzene rings is 1. The van der Waals surface area contributed by atoms with Crippen molar-refractivity contribution in [2.75, 3.05) is 0 Å². The number of nitrogens with zero attached hydrogens (tertiary/aromatic N) is 2. The van der Waals surface area contributed by atoms with Gasteiger partial charge in [-0.15, -0.1) is 0 Å². The number of carbonyl (C=O) groups excluding carboxylic acids is 2. The van der Waals surface area contributed by atoms with Crippen molar-refractivity contribution in [2.24, 2.45) is 0 Å². The van der Waals surface area contributed by atoms with Crippen LogP contribution in [0, 0.1) is 0 Å². The highest BCUT2D eigenvalue weighted by molar-refractivity contribution is 5.96. The highest BCUT2D eigenvalue weighted by Crippen LogP contribution is 2.27. The summed E-state index contributed by atoms with van der Waals surface area (Å²) in [5.74, 6) is 0.0236. The van der Waals surface area contributed by atoms with Gasteiger partial charge in [-0.3, -0.25) is 9.59 Å². The first kappa shape index (κ1) is 19.0. The number of rotatable bonds is 7. The van der Waals surface area contributed by atoms with Crippen LogP contribution in [-0.4, -0.2) is 27.9 Å². The van der Waals surface area contributed by atoms with Gasteiger partial charge in [0.15, 0.2) is 0 Å². The minimum absolute atomic E-state index is 0.0751. The van der Waals surface area contributed by atoms with Gasteiger partial charge in [0, 0.05) is 12.1 Å². The first-order chi connectivity index (χ1) is 14.2. The Labute approximate surface area is 168 Å². The molecule has 4 rings (SSSR count). The molecular weight excluding hydrogens is 370 g/mol. The van der Waals surface area contributed by atoms with Gasteiger partial charge < -0.3 is 19.2 Å². The normalized spacial score (nSPS) is 15.2. The van der Waals surface area contributed by atoms with Crippen molar-refractivity contribution >= 4 is 11.8 Å². The van der Waals surface area contributed by atoms with Gasteiger partial charge in [-0.05, 0) is 30.5 Å². The van der Waals surface area contributed by atoms with Crippen molar-refractivity contribution in [2.45, 2.75) is 44.3 Å². The van der Waals surface area contributed by atoms with Gasteiger partial charge >= 0.3 is 0 Å². The number of amides is 2. The van der Waals surface area contributed by atoms with Gasteiger partial charge in [0.2, 0.25) is 11.7 Å². The molecule has 2 amide bonds. The van der Waals surface area contributed by atoms with Crippen LogP contribution >= 0.6 is 0 Å². The number of carbonyl (C=O) groups is 2. The van der Waals surface area contributed by atoms with Crippen LogP contribution in [0.3, 0.4) is 0 Å². The first-order valence-electron chi connectivity index (χ1n) is 9.82. The van der Waals surface area contributed by atoms with Gasteiger partial charge in [0.25, 0.3) is 5.91 Å². The van der Waals surface area contributed by atoms with Crippen LogP contribution in [0.5, 0.6) is 0 Å². The molecule has 150 valence electrons. The average molecular weight is 393 g/mol. The van der Waals surface area contributed by atoms with Crippen molar-refractivity contribution in [1.82, 2.24) is 15.4 Å². The fourth-order valence-electron chi connectivity index (χ4n) is 3.78. The fraction of sp³-hybridized carbons (Fsp3) is 0.318. The molecule has 1 fully saturated rings. The van der Waals surface area contributed by atoms with Gasteiger partial charge in [0.05, 0.1) is 19.0 Å². The zero-order valence-corrected chi connectivity index (χ0v) is 16.0. The van der Waals surface area contributed by atoms with E-state index in [1.807, 2.05) is 30.3 Å². The maximum Gasteiger partial charge on any atom is 0.293 e. The van der Waals surface area contributed by atoms with E-state index in [0.29, 0.717) is 5.76 Å². The van der Waals surface area contributed by atoms with Crippen LogP contribution in [0.2, 0.25) is 0 Å². The van der Waals surface area contributed by atoms with Gasteiger partial charge in [-0.25, -0.2) is 0 Å². The van der Waals surface area contributed by atoms with E-state index in [2.05, 4.69) is 10.5 Å². The highest BCUT2D eigenvalue weighted by atomic mass is 16.5. The van der Waals surface area contributed by atoms with Crippen LogP contribution < -0.4 is 5.32 Å². The zero-order chi connectivity index (χ0) is 20.1. The second kappa shape index (κ2) is 8.77. The van der Waals surface area contributed by atoms with E-state index < -0.39 is 11.9 Å². The smallest absolute Gasteiger partial charge is 0.293 e. The maximum absolute atomic E-state index is 13.4. The molecular formula is C22H23N3O4. The molecule has 2 aromatic heterocycles. The van der Waals surface area contributed by atoms with Crippen molar-refractivity contribution in [3.8, 4) is 0 Å². The molecule has 3 aromatic rings. The van der Waals surface area contributed by atoms with E-state index in [0.717, 1.165) is 31.2 Å². The number of aromatic nitrogens is 1. The number of hydrogen-bond donors (Lipinski definition) is 1. The quantitative estimate of drug-likeness (QED) is 0.661. The Hall–Kier alpha value is -3.35. The van der Waals surface area contributed by atoms with Gasteiger partial charge in [-0.2, -0.15) is 0 Å². The molecule has 0 radical (unpaired) electrons. The van der Waals surface area contributed by atoms with E-state index >= 15 is 0 Å². The van der Waals surface area contributed by atoms with Crippen LogP contribution in [-0.2, 0) is 11.3 Å². The van der Waals surface area contributed by atoms with E-state index in [1.165, 1.54) is 17.2 Å². The Balaban J connectivity index is 1.70. The molecule has 1 unspecified atom stereocenters. The standard InChI is InChI=1S/C22H23N3O4/c26-21(24-17-9-4-5-10-17)20(16-7-2-1-3-8-16)25(15-18-11-6-14-28-18)22(27)19-12-13-23-29-19/h1-3,6-8,11-14,17,20H,4-5,9-10,15H2,(H,24,26). The number of nitrogens with one attached hydrogen (secondary N) is 1. The van der Waals surface area contributed by atoms with Crippen LogP contribution in [0.4, 0.5) is 0 Å². The predicted molar refractivity (Wildman–Crippen MR) is 105 cm³/mol. The molecule has 7 heteroatoms. The lowest BCUT2D eigenvalue weighted by Gasteiger charge is -2.31. The third kappa shape index (κ3) is 4.39. The summed E-state index contributed by atoms with van der Waals surface area (Å²) in [5, 5.41) is 6.76. The van der Waals surface area contributed by atoms with Gasteiger partial charge in [-0.1, -0.05) is 48.3 Å². The van der Waals surface area contributed by atoms with Crippen molar-refractivity contribution in [3.63, 3.8) is 0 Å². The molecule has 1 aromatic carbocycles. The summed E-state index contributed by atoms with van der Waals surface area (Å²) in [7, 11) is 0. The number of hydrogen-bond acceptors (Lipinski definition) is 5. The lowest BCUT2D eigenvalue weighted by Crippen LogP contribution is -2.45. The largest absolute Gasteiger partial charge is 0.467 e. The summed E-state index contributed by atoms with van der Waals surface area (Å²) in [6.07, 6.45) is 7.09. The van der Waals surface area contributed by atoms with E-state index in [-0.39, 0.29) is 24.3 Å². The van der Waals surface area contributed by atoms with Crippen LogP contribution in [0.1, 0.15) is 53.6 Å². The van der Waals surface area contributed by atoms with Crippen LogP contribution in [0.15, 0.2) is 69.9 Å². The summed E-state index contributed by atoms with van der Waals surface area (Å²) in [6, 6.07) is 13.6. The first-order valence-corrected chi connectivity index (χ1v) is 9.82. The Morgan fingerprint density at radius 2 is 1.90 bits per heavy atom. The average Bonchev–Trinajstić information content (AvgIpc) is 3.51. The van der Waals surface area contributed by atoms with Crippen molar-refractivity contribution in [3.05, 3.63) is 78.1 Å². The third-order valence-corrected chi connectivity index (χ3v) is 5.19. The van der Waals surface area contributed by atoms with Crippen molar-refractivity contribution in [1.29, 1.82) is 0 Å². The minimum Gasteiger partial charge on any atom is -0.467 e. The third-order valence-electron chi connectivity index (χ3n) is 5.19. The molecule has 1 atom stereocenters. The predicted octanol–water partition coefficient (Wildman–Crippen LogP) is 3.71. The second-order valence-electron chi connectivity index (χ2n) is 7.19. The molecule has 29 heavy (non-hydrogen) atoms.